The molecule has 0 radical (unpaired) electrons. The number of carbonyl (C=O) groups is 1. The summed E-state index contributed by atoms with van der Waals surface area (Å²) in [4.78, 5) is 13.7. The van der Waals surface area contributed by atoms with Gasteiger partial charge in [0.05, 0.1) is 11.4 Å². The first-order valence-corrected chi connectivity index (χ1v) is 5.81. The number of hydrogen-bond donors (Lipinski definition) is 1. The number of nitrogens with two attached hydrogens (primary N) is 1. The van der Waals surface area contributed by atoms with E-state index in [2.05, 4.69) is 0 Å². The van der Waals surface area contributed by atoms with Crippen LogP contribution in [0.15, 0.2) is 6.07 Å². The van der Waals surface area contributed by atoms with Crippen molar-refractivity contribution in [3.05, 3.63) is 17.2 Å². The van der Waals surface area contributed by atoms with Gasteiger partial charge in [0.1, 0.15) is 0 Å². The Morgan fingerprint density at radius 1 is 1.41 bits per heavy atom. The third-order valence-electron chi connectivity index (χ3n) is 3.26. The van der Waals surface area contributed by atoms with Gasteiger partial charge in [-0.25, -0.2) is 0 Å². The Morgan fingerprint density at radius 2 is 2.06 bits per heavy atom. The number of aryl methyl sites for hydroxylation is 2. The van der Waals surface area contributed by atoms with Gasteiger partial charge in [0.15, 0.2) is 11.9 Å². The molecule has 0 saturated carbocycles. The van der Waals surface area contributed by atoms with Gasteiger partial charge in [0, 0.05) is 7.05 Å². The van der Waals surface area contributed by atoms with Crippen LogP contribution in [0, 0.1) is 13.8 Å². The van der Waals surface area contributed by atoms with Crippen LogP contribution in [0.4, 0.5) is 11.4 Å². The summed E-state index contributed by atoms with van der Waals surface area (Å²) >= 11 is 0. The van der Waals surface area contributed by atoms with E-state index >= 15 is 0 Å². The molecule has 4 heteroatoms. The van der Waals surface area contributed by atoms with Crippen LogP contribution in [0.2, 0.25) is 0 Å². The molecule has 1 aromatic carbocycles. The molecule has 1 aliphatic rings. The fourth-order valence-electron chi connectivity index (χ4n) is 2.27. The Morgan fingerprint density at radius 3 is 2.65 bits per heavy atom. The van der Waals surface area contributed by atoms with Crippen LogP contribution in [0.3, 0.4) is 0 Å². The Balaban J connectivity index is 2.64. The molecule has 1 atom stereocenters. The van der Waals surface area contributed by atoms with E-state index in [-0.39, 0.29) is 5.91 Å². The SMILES string of the molecule is CCC1Oc2c(N)c(C)cc(C)c2N(C)C1=O. The quantitative estimate of drug-likeness (QED) is 0.756. The summed E-state index contributed by atoms with van der Waals surface area (Å²) in [6.07, 6.45) is 0.227. The number of amides is 1. The molecule has 0 fully saturated rings. The number of hydrogen-bond acceptors (Lipinski definition) is 3. The predicted molar refractivity (Wildman–Crippen MR) is 68.4 cm³/mol. The minimum Gasteiger partial charge on any atom is -0.476 e. The van der Waals surface area contributed by atoms with Crippen LogP contribution in [0.5, 0.6) is 5.75 Å². The number of anilines is 2. The van der Waals surface area contributed by atoms with E-state index in [0.717, 1.165) is 16.8 Å². The Hall–Kier alpha value is -1.71. The van der Waals surface area contributed by atoms with Crippen LogP contribution >= 0.6 is 0 Å². The van der Waals surface area contributed by atoms with Gasteiger partial charge in [0.25, 0.3) is 5.91 Å². The van der Waals surface area contributed by atoms with E-state index < -0.39 is 6.10 Å². The minimum absolute atomic E-state index is 0.00801. The second kappa shape index (κ2) is 3.95. The molecule has 17 heavy (non-hydrogen) atoms. The van der Waals surface area contributed by atoms with Gasteiger partial charge < -0.3 is 15.4 Å². The Labute approximate surface area is 101 Å². The number of fused-ring (bicyclic) bond motifs is 1. The maximum absolute atomic E-state index is 12.0. The highest BCUT2D eigenvalue weighted by atomic mass is 16.5. The van der Waals surface area contributed by atoms with E-state index in [9.17, 15) is 4.79 Å². The van der Waals surface area contributed by atoms with Crippen LogP contribution < -0.4 is 15.4 Å². The molecule has 92 valence electrons. The second-order valence-electron chi connectivity index (χ2n) is 4.51. The third kappa shape index (κ3) is 1.64. The maximum atomic E-state index is 12.0. The molecule has 0 aliphatic carbocycles. The third-order valence-corrected chi connectivity index (χ3v) is 3.26. The van der Waals surface area contributed by atoms with Crippen molar-refractivity contribution in [1.29, 1.82) is 0 Å². The molecular formula is C13H18N2O2. The van der Waals surface area contributed by atoms with Crippen molar-refractivity contribution in [2.24, 2.45) is 0 Å². The minimum atomic E-state index is -0.420. The van der Waals surface area contributed by atoms with Gasteiger partial charge in [-0.15, -0.1) is 0 Å². The van der Waals surface area contributed by atoms with Crippen molar-refractivity contribution in [3.8, 4) is 5.75 Å². The summed E-state index contributed by atoms with van der Waals surface area (Å²) in [5, 5.41) is 0. The van der Waals surface area contributed by atoms with Gasteiger partial charge in [0.2, 0.25) is 0 Å². The summed E-state index contributed by atoms with van der Waals surface area (Å²) < 4.78 is 5.74. The number of nitrogens with zero attached hydrogens (tertiary/aromatic N) is 1. The van der Waals surface area contributed by atoms with Crippen molar-refractivity contribution >= 4 is 17.3 Å². The molecule has 0 bridgehead atoms. The number of likely N-dealkylation sites (N-methyl/N-ethyl adjacent to an activating group) is 1. The van der Waals surface area contributed by atoms with Crippen LogP contribution in [0.1, 0.15) is 24.5 Å². The predicted octanol–water partition coefficient (Wildman–Crippen LogP) is 2.02. The lowest BCUT2D eigenvalue weighted by Crippen LogP contribution is -2.44. The van der Waals surface area contributed by atoms with E-state index in [1.807, 2.05) is 26.8 Å². The Bertz CT molecular complexity index is 483. The smallest absolute Gasteiger partial charge is 0.267 e. The zero-order valence-corrected chi connectivity index (χ0v) is 10.7. The lowest BCUT2D eigenvalue weighted by Gasteiger charge is -2.34. The van der Waals surface area contributed by atoms with Gasteiger partial charge in [-0.1, -0.05) is 13.0 Å². The number of benzene rings is 1. The normalized spacial score (nSPS) is 18.9. The number of carbonyl (C=O) groups excluding carboxylic acids is 1. The molecule has 1 aromatic rings. The molecule has 0 aromatic heterocycles. The monoisotopic (exact) mass is 234 g/mol. The fraction of sp³-hybridized carbons (Fsp3) is 0.462. The molecule has 2 rings (SSSR count). The first kappa shape index (κ1) is 11.8. The van der Waals surface area contributed by atoms with E-state index in [1.165, 1.54) is 0 Å². The van der Waals surface area contributed by atoms with Crippen molar-refractivity contribution < 1.29 is 9.53 Å². The van der Waals surface area contributed by atoms with Crippen molar-refractivity contribution in [1.82, 2.24) is 0 Å². The van der Waals surface area contributed by atoms with Crippen molar-refractivity contribution in [2.45, 2.75) is 33.3 Å². The number of ether oxygens (including phenoxy) is 1. The number of nitrogen functional groups attached to an aromatic ring is 1. The lowest BCUT2D eigenvalue weighted by atomic mass is 10.0. The average molecular weight is 234 g/mol. The summed E-state index contributed by atoms with van der Waals surface area (Å²) in [5.41, 5.74) is 9.45. The first-order chi connectivity index (χ1) is 7.97. The molecule has 1 heterocycles. The Kier molecular flexibility index (Phi) is 2.73. The molecule has 1 unspecified atom stereocenters. The van der Waals surface area contributed by atoms with Gasteiger partial charge in [-0.05, 0) is 31.4 Å². The van der Waals surface area contributed by atoms with Crippen molar-refractivity contribution in [3.63, 3.8) is 0 Å². The van der Waals surface area contributed by atoms with E-state index in [1.54, 1.807) is 11.9 Å². The fourth-order valence-corrected chi connectivity index (χ4v) is 2.27. The zero-order chi connectivity index (χ0) is 12.7. The summed E-state index contributed by atoms with van der Waals surface area (Å²) in [5.74, 6) is 0.641. The lowest BCUT2D eigenvalue weighted by molar-refractivity contribution is -0.126. The second-order valence-corrected chi connectivity index (χ2v) is 4.51. The zero-order valence-electron chi connectivity index (χ0n) is 10.7. The highest BCUT2D eigenvalue weighted by Gasteiger charge is 2.33. The molecule has 2 N–H and O–H groups in total. The molecule has 1 amide bonds. The topological polar surface area (TPSA) is 55.6 Å². The first-order valence-electron chi connectivity index (χ1n) is 5.81. The highest BCUT2D eigenvalue weighted by molar-refractivity contribution is 6.02. The van der Waals surface area contributed by atoms with Crippen LogP contribution in [-0.4, -0.2) is 19.1 Å². The molecule has 0 spiro atoms. The molecule has 1 aliphatic heterocycles. The maximum Gasteiger partial charge on any atom is 0.267 e. The molecule has 4 nitrogen and oxygen atoms in total. The number of rotatable bonds is 1. The standard InChI is InChI=1S/C13H18N2O2/c1-5-9-13(16)15(4)11-8(3)6-7(2)10(14)12(11)17-9/h6,9H,5,14H2,1-4H3. The summed E-state index contributed by atoms with van der Waals surface area (Å²) in [6, 6.07) is 1.98. The van der Waals surface area contributed by atoms with Crippen molar-refractivity contribution in [2.75, 3.05) is 17.7 Å². The van der Waals surface area contributed by atoms with E-state index in [0.29, 0.717) is 17.9 Å². The van der Waals surface area contributed by atoms with Crippen LogP contribution in [-0.2, 0) is 4.79 Å². The molecular weight excluding hydrogens is 216 g/mol. The largest absolute Gasteiger partial charge is 0.476 e. The average Bonchev–Trinajstić information content (AvgIpc) is 2.29. The van der Waals surface area contributed by atoms with Gasteiger partial charge in [-0.3, -0.25) is 4.79 Å². The summed E-state index contributed by atoms with van der Waals surface area (Å²) in [6.45, 7) is 5.84. The summed E-state index contributed by atoms with van der Waals surface area (Å²) in [7, 11) is 1.77. The van der Waals surface area contributed by atoms with E-state index in [4.69, 9.17) is 10.5 Å². The molecule has 0 saturated heterocycles. The van der Waals surface area contributed by atoms with Gasteiger partial charge >= 0.3 is 0 Å². The highest BCUT2D eigenvalue weighted by Crippen LogP contribution is 2.42. The van der Waals surface area contributed by atoms with Gasteiger partial charge in [-0.2, -0.15) is 0 Å². The van der Waals surface area contributed by atoms with Crippen LogP contribution in [0.25, 0.3) is 0 Å².